The van der Waals surface area contributed by atoms with E-state index in [0.717, 1.165) is 17.9 Å². The Balaban J connectivity index is 1.88. The molecule has 1 heterocycles. The van der Waals surface area contributed by atoms with Gasteiger partial charge in [-0.1, -0.05) is 12.1 Å². The van der Waals surface area contributed by atoms with E-state index in [2.05, 4.69) is 11.2 Å². The second-order valence-corrected chi connectivity index (χ2v) is 5.03. The number of aromatic nitrogens is 2. The topological polar surface area (TPSA) is 38.0 Å². The number of thioether (sulfide) groups is 1. The fourth-order valence-electron chi connectivity index (χ4n) is 1.55. The lowest BCUT2D eigenvalue weighted by Gasteiger charge is -2.07. The van der Waals surface area contributed by atoms with Crippen molar-refractivity contribution in [1.82, 2.24) is 9.78 Å². The van der Waals surface area contributed by atoms with Crippen LogP contribution < -0.4 is 0 Å². The molecule has 90 valence electrons. The van der Waals surface area contributed by atoms with Crippen LogP contribution in [0, 0.1) is 0 Å². The zero-order chi connectivity index (χ0) is 12.1. The minimum Gasteiger partial charge on any atom is -0.389 e. The highest BCUT2D eigenvalue weighted by Gasteiger charge is 2.02. The van der Waals surface area contributed by atoms with Crippen molar-refractivity contribution in [3.8, 4) is 0 Å². The van der Waals surface area contributed by atoms with E-state index in [0.29, 0.717) is 0 Å². The first kappa shape index (κ1) is 12.2. The normalized spacial score (nSPS) is 12.6. The average molecular weight is 248 g/mol. The molecule has 0 spiro atoms. The van der Waals surface area contributed by atoms with Crippen molar-refractivity contribution < 1.29 is 5.11 Å². The molecule has 0 aliphatic carbocycles. The Labute approximate surface area is 105 Å². The molecule has 0 saturated carbocycles. The van der Waals surface area contributed by atoms with Gasteiger partial charge in [-0.05, 0) is 30.7 Å². The maximum atomic E-state index is 9.50. The van der Waals surface area contributed by atoms with Gasteiger partial charge in [-0.25, -0.2) is 0 Å². The van der Waals surface area contributed by atoms with Gasteiger partial charge in [-0.2, -0.15) is 5.10 Å². The van der Waals surface area contributed by atoms with Crippen LogP contribution in [0.2, 0.25) is 0 Å². The molecule has 3 nitrogen and oxygen atoms in total. The molecule has 0 radical (unpaired) electrons. The maximum absolute atomic E-state index is 9.50. The molecule has 2 rings (SSSR count). The summed E-state index contributed by atoms with van der Waals surface area (Å²) >= 11 is 1.78. The number of aryl methyl sites for hydroxylation is 1. The molecule has 1 N–H and O–H groups in total. The van der Waals surface area contributed by atoms with Crippen molar-refractivity contribution >= 4 is 11.8 Å². The molecule has 2 aromatic rings. The Hall–Kier alpha value is -1.26. The smallest absolute Gasteiger partial charge is 0.0762 e. The zero-order valence-corrected chi connectivity index (χ0v) is 10.6. The van der Waals surface area contributed by atoms with Gasteiger partial charge in [-0.3, -0.25) is 4.68 Å². The largest absolute Gasteiger partial charge is 0.389 e. The lowest BCUT2D eigenvalue weighted by Crippen LogP contribution is -2.00. The van der Waals surface area contributed by atoms with E-state index >= 15 is 0 Å². The molecule has 1 unspecified atom stereocenters. The number of aliphatic hydroxyl groups excluding tert-OH is 1. The summed E-state index contributed by atoms with van der Waals surface area (Å²) in [6.07, 6.45) is 3.35. The summed E-state index contributed by atoms with van der Waals surface area (Å²) in [5.41, 5.74) is 0.967. The minimum absolute atomic E-state index is 0.401. The fraction of sp³-hybridized carbons (Fsp3) is 0.308. The van der Waals surface area contributed by atoms with Crippen molar-refractivity contribution in [2.75, 3.05) is 5.75 Å². The Morgan fingerprint density at radius 1 is 1.41 bits per heavy atom. The zero-order valence-electron chi connectivity index (χ0n) is 9.78. The van der Waals surface area contributed by atoms with Gasteiger partial charge in [0.25, 0.3) is 0 Å². The molecule has 0 aliphatic rings. The SMILES string of the molecule is CC(O)c1cccc(SCCn2cccn2)c1. The summed E-state index contributed by atoms with van der Waals surface area (Å²) in [7, 11) is 0. The third kappa shape index (κ3) is 3.61. The van der Waals surface area contributed by atoms with Gasteiger partial charge in [0.05, 0.1) is 12.6 Å². The van der Waals surface area contributed by atoms with Crippen LogP contribution in [0.25, 0.3) is 0 Å². The highest BCUT2D eigenvalue weighted by molar-refractivity contribution is 7.99. The lowest BCUT2D eigenvalue weighted by atomic mass is 10.1. The second kappa shape index (κ2) is 5.89. The highest BCUT2D eigenvalue weighted by atomic mass is 32.2. The molecular formula is C13H16N2OS. The van der Waals surface area contributed by atoms with Gasteiger partial charge in [0.1, 0.15) is 0 Å². The number of rotatable bonds is 5. The van der Waals surface area contributed by atoms with Gasteiger partial charge in [0, 0.05) is 23.0 Å². The van der Waals surface area contributed by atoms with Crippen LogP contribution >= 0.6 is 11.8 Å². The molecule has 1 atom stereocenters. The maximum Gasteiger partial charge on any atom is 0.0762 e. The van der Waals surface area contributed by atoms with E-state index in [1.54, 1.807) is 24.9 Å². The third-order valence-electron chi connectivity index (χ3n) is 2.49. The number of nitrogens with zero attached hydrogens (tertiary/aromatic N) is 2. The second-order valence-electron chi connectivity index (χ2n) is 3.87. The van der Waals surface area contributed by atoms with Gasteiger partial charge in [0.15, 0.2) is 0 Å². The molecule has 0 fully saturated rings. The van der Waals surface area contributed by atoms with Crippen LogP contribution in [0.3, 0.4) is 0 Å². The molecule has 0 saturated heterocycles. The molecule has 0 bridgehead atoms. The average Bonchev–Trinajstić information content (AvgIpc) is 2.82. The van der Waals surface area contributed by atoms with E-state index in [4.69, 9.17) is 0 Å². The number of aliphatic hydroxyl groups is 1. The minimum atomic E-state index is -0.401. The summed E-state index contributed by atoms with van der Waals surface area (Å²) in [6.45, 7) is 2.68. The molecule has 1 aromatic carbocycles. The quantitative estimate of drug-likeness (QED) is 0.827. The third-order valence-corrected chi connectivity index (χ3v) is 3.46. The first-order chi connectivity index (χ1) is 8.25. The van der Waals surface area contributed by atoms with Gasteiger partial charge in [-0.15, -0.1) is 11.8 Å². The first-order valence-electron chi connectivity index (χ1n) is 5.64. The molecule has 1 aromatic heterocycles. The molecule has 0 aliphatic heterocycles. The van der Waals surface area contributed by atoms with E-state index in [1.807, 2.05) is 35.1 Å². The summed E-state index contributed by atoms with van der Waals surface area (Å²) < 4.78 is 1.92. The van der Waals surface area contributed by atoms with Gasteiger partial charge < -0.3 is 5.11 Å². The summed E-state index contributed by atoms with van der Waals surface area (Å²) in [6, 6.07) is 9.97. The molecule has 0 amide bonds. The number of benzene rings is 1. The van der Waals surface area contributed by atoms with E-state index in [9.17, 15) is 5.11 Å². The Kier molecular flexibility index (Phi) is 4.23. The Bertz CT molecular complexity index is 454. The highest BCUT2D eigenvalue weighted by Crippen LogP contribution is 2.22. The van der Waals surface area contributed by atoms with Crippen molar-refractivity contribution in [2.24, 2.45) is 0 Å². The van der Waals surface area contributed by atoms with Gasteiger partial charge >= 0.3 is 0 Å². The predicted molar refractivity (Wildman–Crippen MR) is 70.0 cm³/mol. The van der Waals surface area contributed by atoms with E-state index < -0.39 is 6.10 Å². The fourth-order valence-corrected chi connectivity index (χ4v) is 2.46. The van der Waals surface area contributed by atoms with Crippen molar-refractivity contribution in [3.63, 3.8) is 0 Å². The van der Waals surface area contributed by atoms with Crippen LogP contribution in [0.1, 0.15) is 18.6 Å². The standard InChI is InChI=1S/C13H16N2OS/c1-11(16)12-4-2-5-13(10-12)17-9-8-15-7-3-6-14-15/h2-7,10-11,16H,8-9H2,1H3. The van der Waals surface area contributed by atoms with Crippen LogP contribution in [-0.4, -0.2) is 20.6 Å². The summed E-state index contributed by atoms with van der Waals surface area (Å²) in [4.78, 5) is 1.19. The van der Waals surface area contributed by atoms with Crippen LogP contribution in [0.15, 0.2) is 47.6 Å². The van der Waals surface area contributed by atoms with Crippen molar-refractivity contribution in [1.29, 1.82) is 0 Å². The first-order valence-corrected chi connectivity index (χ1v) is 6.62. The van der Waals surface area contributed by atoms with Crippen LogP contribution in [-0.2, 0) is 6.54 Å². The van der Waals surface area contributed by atoms with E-state index in [1.165, 1.54) is 4.90 Å². The molecular weight excluding hydrogens is 232 g/mol. The lowest BCUT2D eigenvalue weighted by molar-refractivity contribution is 0.199. The van der Waals surface area contributed by atoms with Crippen LogP contribution in [0.4, 0.5) is 0 Å². The van der Waals surface area contributed by atoms with E-state index in [-0.39, 0.29) is 0 Å². The number of hydrogen-bond donors (Lipinski definition) is 1. The van der Waals surface area contributed by atoms with Gasteiger partial charge in [0.2, 0.25) is 0 Å². The monoisotopic (exact) mass is 248 g/mol. The molecule has 17 heavy (non-hydrogen) atoms. The van der Waals surface area contributed by atoms with Crippen molar-refractivity contribution in [3.05, 3.63) is 48.3 Å². The summed E-state index contributed by atoms with van der Waals surface area (Å²) in [5, 5.41) is 13.7. The van der Waals surface area contributed by atoms with Crippen molar-refractivity contribution in [2.45, 2.75) is 24.5 Å². The number of hydrogen-bond acceptors (Lipinski definition) is 3. The summed E-state index contributed by atoms with van der Waals surface area (Å²) in [5.74, 6) is 0.977. The Morgan fingerprint density at radius 2 is 2.29 bits per heavy atom. The molecule has 4 heteroatoms. The van der Waals surface area contributed by atoms with Crippen LogP contribution in [0.5, 0.6) is 0 Å². The Morgan fingerprint density at radius 3 is 3.00 bits per heavy atom. The predicted octanol–water partition coefficient (Wildman–Crippen LogP) is 2.73.